The highest BCUT2D eigenvalue weighted by Gasteiger charge is 2.22. The van der Waals surface area contributed by atoms with E-state index < -0.39 is 0 Å². The zero-order chi connectivity index (χ0) is 12.5. The first-order valence-electron chi connectivity index (χ1n) is 5.98. The van der Waals surface area contributed by atoms with Gasteiger partial charge in [-0.05, 0) is 36.2 Å². The molecular weight excluding hydrogens is 246 g/mol. The normalized spacial score (nSPS) is 13.6. The van der Waals surface area contributed by atoms with Crippen LogP contribution in [-0.2, 0) is 6.42 Å². The molecule has 1 heterocycles. The number of hydrogen-bond donors (Lipinski definition) is 0. The predicted octanol–water partition coefficient (Wildman–Crippen LogP) is 4.04. The molecule has 0 fully saturated rings. The van der Waals surface area contributed by atoms with Gasteiger partial charge >= 0.3 is 0 Å². The molecule has 0 bridgehead atoms. The summed E-state index contributed by atoms with van der Waals surface area (Å²) in [7, 11) is 1.69. The van der Waals surface area contributed by atoms with Gasteiger partial charge in [-0.3, -0.25) is 0 Å². The highest BCUT2D eigenvalue weighted by atomic mass is 35.5. The topological polar surface area (TPSA) is 12.5 Å². The van der Waals surface area contributed by atoms with Gasteiger partial charge in [-0.1, -0.05) is 29.8 Å². The summed E-state index contributed by atoms with van der Waals surface area (Å²) in [6.45, 7) is 0.968. The first-order chi connectivity index (χ1) is 8.79. The fourth-order valence-electron chi connectivity index (χ4n) is 2.46. The first-order valence-corrected chi connectivity index (χ1v) is 6.36. The van der Waals surface area contributed by atoms with E-state index in [9.17, 15) is 0 Å². The summed E-state index contributed by atoms with van der Waals surface area (Å²) in [6, 6.07) is 14.2. The van der Waals surface area contributed by atoms with Crippen LogP contribution in [0.25, 0.3) is 0 Å². The third-order valence-electron chi connectivity index (χ3n) is 3.32. The molecule has 92 valence electrons. The van der Waals surface area contributed by atoms with Gasteiger partial charge in [0.2, 0.25) is 0 Å². The molecule has 0 atom stereocenters. The zero-order valence-corrected chi connectivity index (χ0v) is 10.9. The molecule has 0 unspecified atom stereocenters. The molecule has 1 aliphatic heterocycles. The standard InChI is InChI=1S/C15H14ClNO/c1-18-15-7-6-12(16)10-14(15)17-9-8-11-4-2-3-5-13(11)17/h2-7,10H,8-9H2,1H3. The van der Waals surface area contributed by atoms with E-state index in [0.717, 1.165) is 29.4 Å². The zero-order valence-electron chi connectivity index (χ0n) is 10.2. The van der Waals surface area contributed by atoms with E-state index >= 15 is 0 Å². The Morgan fingerprint density at radius 1 is 1.11 bits per heavy atom. The smallest absolute Gasteiger partial charge is 0.142 e. The maximum absolute atomic E-state index is 6.10. The monoisotopic (exact) mass is 259 g/mol. The van der Waals surface area contributed by atoms with E-state index in [0.29, 0.717) is 0 Å². The molecule has 2 aromatic carbocycles. The van der Waals surface area contributed by atoms with Crippen LogP contribution in [0.1, 0.15) is 5.56 Å². The summed E-state index contributed by atoms with van der Waals surface area (Å²) in [5.74, 6) is 0.858. The van der Waals surface area contributed by atoms with Crippen molar-refractivity contribution < 1.29 is 4.74 Å². The average Bonchev–Trinajstić information content (AvgIpc) is 2.82. The number of anilines is 2. The van der Waals surface area contributed by atoms with Crippen molar-refractivity contribution in [1.82, 2.24) is 0 Å². The lowest BCUT2D eigenvalue weighted by atomic mass is 10.2. The summed E-state index contributed by atoms with van der Waals surface area (Å²) in [4.78, 5) is 2.26. The molecule has 0 saturated heterocycles. The molecule has 0 N–H and O–H groups in total. The SMILES string of the molecule is COc1ccc(Cl)cc1N1CCc2ccccc21. The molecular formula is C15H14ClNO. The third-order valence-corrected chi connectivity index (χ3v) is 3.55. The van der Waals surface area contributed by atoms with Gasteiger partial charge in [-0.25, -0.2) is 0 Å². The van der Waals surface area contributed by atoms with Crippen molar-refractivity contribution in [1.29, 1.82) is 0 Å². The van der Waals surface area contributed by atoms with Crippen molar-refractivity contribution in [2.75, 3.05) is 18.6 Å². The van der Waals surface area contributed by atoms with Crippen molar-refractivity contribution in [2.24, 2.45) is 0 Å². The molecule has 2 nitrogen and oxygen atoms in total. The van der Waals surface area contributed by atoms with Gasteiger partial charge in [0.15, 0.2) is 0 Å². The van der Waals surface area contributed by atoms with Gasteiger partial charge < -0.3 is 9.64 Å². The highest BCUT2D eigenvalue weighted by Crippen LogP contribution is 2.40. The molecule has 0 aliphatic carbocycles. The van der Waals surface area contributed by atoms with E-state index in [1.807, 2.05) is 18.2 Å². The number of hydrogen-bond acceptors (Lipinski definition) is 2. The van der Waals surface area contributed by atoms with Crippen molar-refractivity contribution in [3.8, 4) is 5.75 Å². The predicted molar refractivity (Wildman–Crippen MR) is 75.2 cm³/mol. The lowest BCUT2D eigenvalue weighted by Crippen LogP contribution is -2.14. The number of nitrogens with zero attached hydrogens (tertiary/aromatic N) is 1. The van der Waals surface area contributed by atoms with Crippen LogP contribution in [-0.4, -0.2) is 13.7 Å². The summed E-state index contributed by atoms with van der Waals surface area (Å²) >= 11 is 6.10. The number of benzene rings is 2. The van der Waals surface area contributed by atoms with Crippen LogP contribution in [0.15, 0.2) is 42.5 Å². The number of fused-ring (bicyclic) bond motifs is 1. The van der Waals surface area contributed by atoms with Crippen LogP contribution >= 0.6 is 11.6 Å². The molecule has 3 rings (SSSR count). The second-order valence-electron chi connectivity index (χ2n) is 4.35. The second-order valence-corrected chi connectivity index (χ2v) is 4.78. The second kappa shape index (κ2) is 4.54. The molecule has 0 radical (unpaired) electrons. The van der Waals surface area contributed by atoms with Crippen LogP contribution in [0.2, 0.25) is 5.02 Å². The number of para-hydroxylation sites is 1. The maximum atomic E-state index is 6.10. The summed E-state index contributed by atoms with van der Waals surface area (Å²) in [6.07, 6.45) is 1.06. The first kappa shape index (κ1) is 11.4. The lowest BCUT2D eigenvalue weighted by molar-refractivity contribution is 0.415. The van der Waals surface area contributed by atoms with Gasteiger partial charge in [0.05, 0.1) is 12.8 Å². The maximum Gasteiger partial charge on any atom is 0.142 e. The molecule has 1 aliphatic rings. The van der Waals surface area contributed by atoms with E-state index in [-0.39, 0.29) is 0 Å². The number of ether oxygens (including phenoxy) is 1. The Labute approximate surface area is 112 Å². The minimum Gasteiger partial charge on any atom is -0.495 e. The quantitative estimate of drug-likeness (QED) is 0.807. The van der Waals surface area contributed by atoms with Gasteiger partial charge in [0, 0.05) is 17.3 Å². The fourth-order valence-corrected chi connectivity index (χ4v) is 2.63. The Bertz CT molecular complexity index is 582. The van der Waals surface area contributed by atoms with Crippen LogP contribution in [0.5, 0.6) is 5.75 Å². The molecule has 0 spiro atoms. The van der Waals surface area contributed by atoms with E-state index in [1.54, 1.807) is 7.11 Å². The third kappa shape index (κ3) is 1.83. The largest absolute Gasteiger partial charge is 0.495 e. The van der Waals surface area contributed by atoms with Crippen LogP contribution in [0, 0.1) is 0 Å². The lowest BCUT2D eigenvalue weighted by Gasteiger charge is -2.22. The summed E-state index contributed by atoms with van der Waals surface area (Å²) < 4.78 is 5.43. The Morgan fingerprint density at radius 3 is 2.78 bits per heavy atom. The Morgan fingerprint density at radius 2 is 1.94 bits per heavy atom. The molecule has 3 heteroatoms. The van der Waals surface area contributed by atoms with Crippen molar-refractivity contribution in [2.45, 2.75) is 6.42 Å². The van der Waals surface area contributed by atoms with Gasteiger partial charge in [0.25, 0.3) is 0 Å². The van der Waals surface area contributed by atoms with Gasteiger partial charge in [-0.15, -0.1) is 0 Å². The Hall–Kier alpha value is -1.67. The minimum absolute atomic E-state index is 0.732. The number of rotatable bonds is 2. The van der Waals surface area contributed by atoms with Crippen molar-refractivity contribution in [3.05, 3.63) is 53.1 Å². The molecule has 0 aromatic heterocycles. The minimum atomic E-state index is 0.732. The van der Waals surface area contributed by atoms with Gasteiger partial charge in [0.1, 0.15) is 5.75 Å². The number of methoxy groups -OCH3 is 1. The summed E-state index contributed by atoms with van der Waals surface area (Å²) in [5, 5.41) is 0.732. The van der Waals surface area contributed by atoms with E-state index in [1.165, 1.54) is 11.3 Å². The highest BCUT2D eigenvalue weighted by molar-refractivity contribution is 6.31. The fraction of sp³-hybridized carbons (Fsp3) is 0.200. The molecule has 0 amide bonds. The Kier molecular flexibility index (Phi) is 2.88. The average molecular weight is 260 g/mol. The van der Waals surface area contributed by atoms with Crippen LogP contribution in [0.4, 0.5) is 11.4 Å². The molecule has 18 heavy (non-hydrogen) atoms. The van der Waals surface area contributed by atoms with Crippen LogP contribution in [0.3, 0.4) is 0 Å². The molecule has 0 saturated carbocycles. The van der Waals surface area contributed by atoms with E-state index in [2.05, 4.69) is 29.2 Å². The van der Waals surface area contributed by atoms with Gasteiger partial charge in [-0.2, -0.15) is 0 Å². The number of halogens is 1. The summed E-state index contributed by atoms with van der Waals surface area (Å²) in [5.41, 5.74) is 3.66. The van der Waals surface area contributed by atoms with Crippen molar-refractivity contribution >= 4 is 23.0 Å². The molecule has 2 aromatic rings. The van der Waals surface area contributed by atoms with E-state index in [4.69, 9.17) is 16.3 Å². The van der Waals surface area contributed by atoms with Crippen LogP contribution < -0.4 is 9.64 Å². The Balaban J connectivity index is 2.09. The van der Waals surface area contributed by atoms with Crippen molar-refractivity contribution in [3.63, 3.8) is 0 Å².